The van der Waals surface area contributed by atoms with E-state index in [0.717, 1.165) is 32.2 Å². The van der Waals surface area contributed by atoms with E-state index in [9.17, 15) is 4.79 Å². The maximum absolute atomic E-state index is 11.7. The fourth-order valence-corrected chi connectivity index (χ4v) is 2.78. The first-order chi connectivity index (χ1) is 6.78. The molecule has 1 aliphatic carbocycles. The lowest BCUT2D eigenvalue weighted by atomic mass is 9.79. The summed E-state index contributed by atoms with van der Waals surface area (Å²) in [6.45, 7) is 1.57. The molecule has 1 saturated carbocycles. The molecule has 0 aromatic rings. The van der Waals surface area contributed by atoms with E-state index < -0.39 is 0 Å². The lowest BCUT2D eigenvalue weighted by Crippen LogP contribution is -2.53. The molecule has 1 spiro atoms. The molecule has 0 aromatic heterocycles. The van der Waals surface area contributed by atoms with Gasteiger partial charge in [-0.05, 0) is 19.3 Å². The first-order valence-corrected chi connectivity index (χ1v) is 5.79. The fourth-order valence-electron chi connectivity index (χ4n) is 2.59. The molecule has 0 amide bonds. The van der Waals surface area contributed by atoms with Crippen LogP contribution in [0.3, 0.4) is 0 Å². The summed E-state index contributed by atoms with van der Waals surface area (Å²) in [7, 11) is 0. The zero-order valence-corrected chi connectivity index (χ0v) is 8.98. The second-order valence-electron chi connectivity index (χ2n) is 4.06. The number of rotatable bonds is 2. The number of hydrogen-bond donors (Lipinski definition) is 1. The second-order valence-corrected chi connectivity index (χ2v) is 4.33. The number of halogens is 1. The minimum absolute atomic E-state index is 0.0312. The lowest BCUT2D eigenvalue weighted by Gasteiger charge is -2.39. The minimum atomic E-state index is -0.371. The van der Waals surface area contributed by atoms with Crippen molar-refractivity contribution in [3.63, 3.8) is 0 Å². The van der Waals surface area contributed by atoms with Crippen LogP contribution in [-0.2, 0) is 9.53 Å². The van der Waals surface area contributed by atoms with Gasteiger partial charge in [-0.3, -0.25) is 10.1 Å². The molecule has 3 nitrogen and oxygen atoms in total. The van der Waals surface area contributed by atoms with E-state index in [0.29, 0.717) is 6.61 Å². The van der Waals surface area contributed by atoms with Crippen molar-refractivity contribution in [1.29, 1.82) is 0 Å². The number of hydrogen-bond acceptors (Lipinski definition) is 3. The number of Topliss-reactive ketones (excluding diaryl/α,β-unsaturated/α-hetero) is 1. The second kappa shape index (κ2) is 4.17. The third kappa shape index (κ3) is 1.69. The summed E-state index contributed by atoms with van der Waals surface area (Å²) in [4.78, 5) is 11.7. The summed E-state index contributed by atoms with van der Waals surface area (Å²) in [5.74, 6) is 0.203. The SMILES string of the molecule is O=C(CCl)C1CCCCC12NCCO2. The van der Waals surface area contributed by atoms with Gasteiger partial charge in [0.25, 0.3) is 0 Å². The Kier molecular flexibility index (Phi) is 3.10. The van der Waals surface area contributed by atoms with Gasteiger partial charge in [-0.1, -0.05) is 6.42 Å². The molecular weight excluding hydrogens is 202 g/mol. The van der Waals surface area contributed by atoms with Crippen LogP contribution in [0.4, 0.5) is 0 Å². The van der Waals surface area contributed by atoms with E-state index in [1.54, 1.807) is 0 Å². The van der Waals surface area contributed by atoms with Crippen molar-refractivity contribution >= 4 is 17.4 Å². The van der Waals surface area contributed by atoms with E-state index in [-0.39, 0.29) is 23.3 Å². The number of ketones is 1. The fraction of sp³-hybridized carbons (Fsp3) is 0.900. The van der Waals surface area contributed by atoms with Crippen LogP contribution in [0.1, 0.15) is 25.7 Å². The molecule has 4 heteroatoms. The van der Waals surface area contributed by atoms with Crippen LogP contribution >= 0.6 is 11.6 Å². The van der Waals surface area contributed by atoms with Crippen LogP contribution in [-0.4, -0.2) is 30.5 Å². The summed E-state index contributed by atoms with van der Waals surface area (Å²) in [6, 6.07) is 0. The molecule has 14 heavy (non-hydrogen) atoms. The highest BCUT2D eigenvalue weighted by molar-refractivity contribution is 6.28. The average Bonchev–Trinajstić information content (AvgIpc) is 2.67. The molecule has 1 saturated heterocycles. The third-order valence-corrected chi connectivity index (χ3v) is 3.52. The number of carbonyl (C=O) groups is 1. The summed E-state index contributed by atoms with van der Waals surface area (Å²) >= 11 is 5.61. The molecule has 1 heterocycles. The largest absolute Gasteiger partial charge is 0.359 e. The molecule has 2 fully saturated rings. The van der Waals surface area contributed by atoms with Gasteiger partial charge >= 0.3 is 0 Å². The van der Waals surface area contributed by atoms with Gasteiger partial charge in [0.2, 0.25) is 0 Å². The Morgan fingerprint density at radius 1 is 1.57 bits per heavy atom. The number of nitrogens with one attached hydrogen (secondary N) is 1. The Bertz CT molecular complexity index is 226. The van der Waals surface area contributed by atoms with Crippen LogP contribution in [0.25, 0.3) is 0 Å². The highest BCUT2D eigenvalue weighted by Gasteiger charge is 2.46. The van der Waals surface area contributed by atoms with Crippen molar-refractivity contribution in [2.24, 2.45) is 5.92 Å². The van der Waals surface area contributed by atoms with Crippen LogP contribution in [0.2, 0.25) is 0 Å². The zero-order chi connectivity index (χ0) is 10.0. The van der Waals surface area contributed by atoms with Crippen molar-refractivity contribution < 1.29 is 9.53 Å². The van der Waals surface area contributed by atoms with Crippen molar-refractivity contribution in [2.75, 3.05) is 19.0 Å². The van der Waals surface area contributed by atoms with E-state index in [1.165, 1.54) is 0 Å². The van der Waals surface area contributed by atoms with Crippen LogP contribution in [0.15, 0.2) is 0 Å². The average molecular weight is 218 g/mol. The molecule has 2 rings (SSSR count). The van der Waals surface area contributed by atoms with Crippen molar-refractivity contribution in [3.8, 4) is 0 Å². The van der Waals surface area contributed by atoms with Crippen molar-refractivity contribution in [2.45, 2.75) is 31.4 Å². The quantitative estimate of drug-likeness (QED) is 0.709. The Morgan fingerprint density at radius 2 is 2.43 bits per heavy atom. The molecule has 2 aliphatic rings. The van der Waals surface area contributed by atoms with Crippen LogP contribution in [0.5, 0.6) is 0 Å². The summed E-state index contributed by atoms with van der Waals surface area (Å²) < 4.78 is 5.73. The summed E-state index contributed by atoms with van der Waals surface area (Å²) in [5, 5.41) is 3.34. The smallest absolute Gasteiger partial charge is 0.154 e. The molecule has 0 radical (unpaired) electrons. The van der Waals surface area contributed by atoms with Crippen molar-refractivity contribution in [3.05, 3.63) is 0 Å². The van der Waals surface area contributed by atoms with E-state index in [1.807, 2.05) is 0 Å². The molecule has 1 aliphatic heterocycles. The van der Waals surface area contributed by atoms with Gasteiger partial charge in [0, 0.05) is 6.54 Å². The number of alkyl halides is 1. The standard InChI is InChI=1S/C10H16ClNO2/c11-7-9(13)8-3-1-2-4-10(8)12-5-6-14-10/h8,12H,1-7H2. The van der Waals surface area contributed by atoms with Crippen LogP contribution in [0, 0.1) is 5.92 Å². The first-order valence-electron chi connectivity index (χ1n) is 5.26. The summed E-state index contributed by atoms with van der Waals surface area (Å²) in [5.41, 5.74) is -0.371. The normalized spacial score (nSPS) is 37.6. The molecule has 1 N–H and O–H groups in total. The Morgan fingerprint density at radius 3 is 3.07 bits per heavy atom. The molecular formula is C10H16ClNO2. The number of carbonyl (C=O) groups excluding carboxylic acids is 1. The molecule has 80 valence electrons. The molecule has 0 bridgehead atoms. The zero-order valence-electron chi connectivity index (χ0n) is 8.22. The highest BCUT2D eigenvalue weighted by Crippen LogP contribution is 2.37. The Hall–Kier alpha value is -0.120. The minimum Gasteiger partial charge on any atom is -0.359 e. The predicted octanol–water partition coefficient (Wildman–Crippen LogP) is 1.30. The topological polar surface area (TPSA) is 38.3 Å². The monoisotopic (exact) mass is 217 g/mol. The van der Waals surface area contributed by atoms with Gasteiger partial charge in [-0.15, -0.1) is 11.6 Å². The lowest BCUT2D eigenvalue weighted by molar-refractivity contribution is -0.138. The van der Waals surface area contributed by atoms with Crippen LogP contribution < -0.4 is 5.32 Å². The van der Waals surface area contributed by atoms with Crippen molar-refractivity contribution in [1.82, 2.24) is 5.32 Å². The molecule has 2 unspecified atom stereocenters. The first kappa shape index (κ1) is 10.4. The van der Waals surface area contributed by atoms with E-state index in [2.05, 4.69) is 5.32 Å². The maximum atomic E-state index is 11.7. The van der Waals surface area contributed by atoms with Gasteiger partial charge in [-0.25, -0.2) is 0 Å². The van der Waals surface area contributed by atoms with Gasteiger partial charge in [-0.2, -0.15) is 0 Å². The summed E-state index contributed by atoms with van der Waals surface area (Å²) in [6.07, 6.45) is 4.11. The highest BCUT2D eigenvalue weighted by atomic mass is 35.5. The predicted molar refractivity (Wildman–Crippen MR) is 54.4 cm³/mol. The molecule has 2 atom stereocenters. The van der Waals surface area contributed by atoms with Gasteiger partial charge in [0.1, 0.15) is 5.72 Å². The maximum Gasteiger partial charge on any atom is 0.154 e. The third-order valence-electron chi connectivity index (χ3n) is 3.26. The van der Waals surface area contributed by atoms with E-state index >= 15 is 0 Å². The Balaban J connectivity index is 2.14. The molecule has 0 aromatic carbocycles. The van der Waals surface area contributed by atoms with E-state index in [4.69, 9.17) is 16.3 Å². The van der Waals surface area contributed by atoms with Gasteiger partial charge in [0.05, 0.1) is 18.4 Å². The van der Waals surface area contributed by atoms with Gasteiger partial charge < -0.3 is 4.74 Å². The number of ether oxygens (including phenoxy) is 1. The Labute approximate surface area is 89.1 Å². The van der Waals surface area contributed by atoms with Gasteiger partial charge in [0.15, 0.2) is 5.78 Å².